The molecule has 0 heterocycles. The summed E-state index contributed by atoms with van der Waals surface area (Å²) >= 11 is 6.11. The van der Waals surface area contributed by atoms with E-state index < -0.39 is 0 Å². The predicted molar refractivity (Wildman–Crippen MR) is 118 cm³/mol. The Kier molecular flexibility index (Phi) is 5.37. The monoisotopic (exact) mass is 388 g/mol. The molecule has 2 aliphatic rings. The van der Waals surface area contributed by atoms with E-state index in [0.29, 0.717) is 18.1 Å². The first-order chi connectivity index (χ1) is 13.6. The van der Waals surface area contributed by atoms with Crippen LogP contribution in [0.5, 0.6) is 0 Å². The number of carbonyl (C=O) groups is 1. The molecule has 28 heavy (non-hydrogen) atoms. The Hall–Kier alpha value is -2.38. The number of ketones is 1. The smallest absolute Gasteiger partial charge is 0.144 e. The molecule has 2 aromatic rings. The van der Waals surface area contributed by atoms with Crippen molar-refractivity contribution in [2.45, 2.75) is 39.0 Å². The molecule has 0 radical (unpaired) electrons. The minimum Gasteiger partial charge on any atom is -0.299 e. The van der Waals surface area contributed by atoms with Gasteiger partial charge in [0.25, 0.3) is 0 Å². The largest absolute Gasteiger partial charge is 0.299 e. The van der Waals surface area contributed by atoms with Gasteiger partial charge in [-0.2, -0.15) is 0 Å². The van der Waals surface area contributed by atoms with Gasteiger partial charge in [-0.3, -0.25) is 4.79 Å². The van der Waals surface area contributed by atoms with Gasteiger partial charge in [0.1, 0.15) is 5.78 Å². The van der Waals surface area contributed by atoms with Gasteiger partial charge in [0.2, 0.25) is 0 Å². The molecule has 0 N–H and O–H groups in total. The maximum atomic E-state index is 13.1. The summed E-state index contributed by atoms with van der Waals surface area (Å²) in [6, 6.07) is 16.4. The lowest BCUT2D eigenvalue weighted by molar-refractivity contribution is -0.119. The molecule has 142 valence electrons. The highest BCUT2D eigenvalue weighted by Crippen LogP contribution is 2.41. The van der Waals surface area contributed by atoms with Crippen LogP contribution in [0.3, 0.4) is 0 Å². The summed E-state index contributed by atoms with van der Waals surface area (Å²) in [5.41, 5.74) is 7.35. The summed E-state index contributed by atoms with van der Waals surface area (Å²) in [5, 5.41) is 0.720. The van der Waals surface area contributed by atoms with E-state index >= 15 is 0 Å². The molecule has 0 fully saturated rings. The molecule has 4 rings (SSSR count). The number of carbonyl (C=O) groups excluding carboxylic acids is 1. The number of benzene rings is 2. The zero-order valence-electron chi connectivity index (χ0n) is 16.4. The van der Waals surface area contributed by atoms with Crippen molar-refractivity contribution in [1.82, 2.24) is 0 Å². The van der Waals surface area contributed by atoms with Crippen LogP contribution in [-0.4, -0.2) is 5.78 Å². The van der Waals surface area contributed by atoms with E-state index in [4.69, 9.17) is 11.6 Å². The van der Waals surface area contributed by atoms with E-state index in [-0.39, 0.29) is 5.92 Å². The van der Waals surface area contributed by atoms with E-state index in [1.807, 2.05) is 18.2 Å². The number of hydrogen-bond donors (Lipinski definition) is 0. The van der Waals surface area contributed by atoms with E-state index in [0.717, 1.165) is 34.6 Å². The Bertz CT molecular complexity index is 994. The van der Waals surface area contributed by atoms with Crippen LogP contribution in [0.25, 0.3) is 11.6 Å². The van der Waals surface area contributed by atoms with Gasteiger partial charge in [0.05, 0.1) is 5.92 Å². The SMILES string of the molecule is CCC1C(CCC(=O)C2C(C)=Cc3cc(Cl)ccc32)=CC=C1c1ccccc1. The molecule has 2 atom stereocenters. The molecule has 2 heteroatoms. The minimum atomic E-state index is -0.115. The van der Waals surface area contributed by atoms with Gasteiger partial charge in [-0.25, -0.2) is 0 Å². The van der Waals surface area contributed by atoms with E-state index in [2.05, 4.69) is 62.4 Å². The molecule has 2 aromatic carbocycles. The third-order valence-corrected chi connectivity index (χ3v) is 6.23. The van der Waals surface area contributed by atoms with Crippen LogP contribution in [0.4, 0.5) is 0 Å². The third kappa shape index (κ3) is 3.52. The first-order valence-electron chi connectivity index (χ1n) is 10.0. The maximum Gasteiger partial charge on any atom is 0.144 e. The van der Waals surface area contributed by atoms with Crippen molar-refractivity contribution in [1.29, 1.82) is 0 Å². The molecular formula is C26H25ClO. The zero-order chi connectivity index (χ0) is 19.7. The summed E-state index contributed by atoms with van der Waals surface area (Å²) in [7, 11) is 0. The fraction of sp³-hybridized carbons (Fsp3) is 0.269. The van der Waals surface area contributed by atoms with Crippen LogP contribution in [0.2, 0.25) is 5.02 Å². The predicted octanol–water partition coefficient (Wildman–Crippen LogP) is 7.24. The lowest BCUT2D eigenvalue weighted by Crippen LogP contribution is -2.13. The molecule has 1 nitrogen and oxygen atoms in total. The average Bonchev–Trinajstić information content (AvgIpc) is 3.26. The lowest BCUT2D eigenvalue weighted by atomic mass is 9.84. The first-order valence-corrected chi connectivity index (χ1v) is 10.4. The van der Waals surface area contributed by atoms with Crippen LogP contribution in [-0.2, 0) is 4.79 Å². The fourth-order valence-electron chi connectivity index (χ4n) is 4.64. The summed E-state index contributed by atoms with van der Waals surface area (Å²) in [6.07, 6.45) is 9.04. The van der Waals surface area contributed by atoms with Gasteiger partial charge in [-0.05, 0) is 54.2 Å². The van der Waals surface area contributed by atoms with Crippen molar-refractivity contribution in [3.05, 3.63) is 93.5 Å². The second kappa shape index (κ2) is 7.93. The van der Waals surface area contributed by atoms with Crippen molar-refractivity contribution < 1.29 is 4.79 Å². The lowest BCUT2D eigenvalue weighted by Gasteiger charge is -2.19. The van der Waals surface area contributed by atoms with Crippen LogP contribution in [0, 0.1) is 5.92 Å². The highest BCUT2D eigenvalue weighted by Gasteiger charge is 2.30. The molecule has 0 bridgehead atoms. The second-order valence-corrected chi connectivity index (χ2v) is 8.19. The number of halogens is 1. The topological polar surface area (TPSA) is 17.1 Å². The minimum absolute atomic E-state index is 0.115. The molecule has 0 saturated heterocycles. The van der Waals surface area contributed by atoms with Gasteiger partial charge < -0.3 is 0 Å². The molecular weight excluding hydrogens is 364 g/mol. The van der Waals surface area contributed by atoms with Crippen LogP contribution >= 0.6 is 11.6 Å². The summed E-state index contributed by atoms with van der Waals surface area (Å²) in [5.74, 6) is 0.608. The van der Waals surface area contributed by atoms with Crippen molar-refractivity contribution in [3.8, 4) is 0 Å². The number of rotatable bonds is 6. The second-order valence-electron chi connectivity index (χ2n) is 7.75. The molecule has 0 amide bonds. The standard InChI is InChI=1S/C26H25ClO/c1-3-22-19(9-12-23(22)18-7-5-4-6-8-18)10-14-25(28)26-17(2)15-20-16-21(27)11-13-24(20)26/h4-9,11-13,15-16,22,26H,3,10,14H2,1-2H3. The zero-order valence-corrected chi connectivity index (χ0v) is 17.2. The van der Waals surface area contributed by atoms with Crippen molar-refractivity contribution in [2.24, 2.45) is 5.92 Å². The molecule has 0 aromatic heterocycles. The third-order valence-electron chi connectivity index (χ3n) is 6.00. The normalized spacial score (nSPS) is 20.5. The van der Waals surface area contributed by atoms with E-state index in [9.17, 15) is 4.79 Å². The van der Waals surface area contributed by atoms with Gasteiger partial charge in [-0.1, -0.05) is 84.3 Å². The van der Waals surface area contributed by atoms with Crippen LogP contribution in [0.15, 0.2) is 71.8 Å². The molecule has 0 aliphatic heterocycles. The number of hydrogen-bond acceptors (Lipinski definition) is 1. The average molecular weight is 389 g/mol. The molecule has 0 saturated carbocycles. The van der Waals surface area contributed by atoms with Gasteiger partial charge >= 0.3 is 0 Å². The Morgan fingerprint density at radius 3 is 2.61 bits per heavy atom. The summed E-state index contributed by atoms with van der Waals surface area (Å²) in [4.78, 5) is 13.1. The maximum absolute atomic E-state index is 13.1. The number of fused-ring (bicyclic) bond motifs is 1. The Morgan fingerprint density at radius 2 is 1.86 bits per heavy atom. The summed E-state index contributed by atoms with van der Waals surface area (Å²) < 4.78 is 0. The highest BCUT2D eigenvalue weighted by atomic mass is 35.5. The first kappa shape index (κ1) is 19.0. The molecule has 0 spiro atoms. The number of Topliss-reactive ketones (excluding diaryl/α,β-unsaturated/α-hetero) is 1. The van der Waals surface area contributed by atoms with Crippen molar-refractivity contribution >= 4 is 29.0 Å². The fourth-order valence-corrected chi connectivity index (χ4v) is 4.82. The van der Waals surface area contributed by atoms with Gasteiger partial charge in [0, 0.05) is 17.4 Å². The Morgan fingerprint density at radius 1 is 1.07 bits per heavy atom. The van der Waals surface area contributed by atoms with Gasteiger partial charge in [0.15, 0.2) is 0 Å². The van der Waals surface area contributed by atoms with E-state index in [1.54, 1.807) is 0 Å². The number of allylic oxidation sites excluding steroid dienone is 5. The summed E-state index contributed by atoms with van der Waals surface area (Å²) in [6.45, 7) is 4.28. The van der Waals surface area contributed by atoms with E-state index in [1.165, 1.54) is 16.7 Å². The van der Waals surface area contributed by atoms with Crippen LogP contribution in [0.1, 0.15) is 55.7 Å². The highest BCUT2D eigenvalue weighted by molar-refractivity contribution is 6.30. The van der Waals surface area contributed by atoms with Gasteiger partial charge in [-0.15, -0.1) is 0 Å². The van der Waals surface area contributed by atoms with Crippen molar-refractivity contribution in [3.63, 3.8) is 0 Å². The Balaban J connectivity index is 1.44. The quantitative estimate of drug-likeness (QED) is 0.509. The van der Waals surface area contributed by atoms with Crippen LogP contribution < -0.4 is 0 Å². The van der Waals surface area contributed by atoms with Crippen molar-refractivity contribution in [2.75, 3.05) is 0 Å². The molecule has 2 unspecified atom stereocenters. The molecule has 2 aliphatic carbocycles. The Labute approximate surface area is 172 Å².